The zero-order chi connectivity index (χ0) is 63.5. The first-order chi connectivity index (χ1) is 39.8. The largest absolute Gasteiger partial charge is 0.461 e. The minimum Gasteiger partial charge on any atom is -0.461 e. The van der Waals surface area contributed by atoms with Crippen LogP contribution in [0.5, 0.6) is 0 Å². The summed E-state index contributed by atoms with van der Waals surface area (Å²) < 4.78 is 12.1. The van der Waals surface area contributed by atoms with Crippen LogP contribution in [-0.2, 0) is 60.7 Å². The topological polar surface area (TPSA) is 249 Å². The van der Waals surface area contributed by atoms with Gasteiger partial charge in [-0.05, 0) is 99.5 Å². The number of carbonyl (C=O) groups excluding carboxylic acids is 9. The van der Waals surface area contributed by atoms with Crippen LogP contribution in [0.3, 0.4) is 0 Å². The summed E-state index contributed by atoms with van der Waals surface area (Å²) >= 11 is 0. The Morgan fingerprint density at radius 2 is 1.18 bits per heavy atom. The molecular weight excluding hydrogens is 1080 g/mol. The molecule has 4 N–H and O–H groups in total. The molecule has 0 spiro atoms. The van der Waals surface area contributed by atoms with Crippen LogP contribution in [0.15, 0.2) is 71.1 Å². The summed E-state index contributed by atoms with van der Waals surface area (Å²) in [6, 6.07) is 9.80. The van der Waals surface area contributed by atoms with Gasteiger partial charge in [-0.25, -0.2) is 4.79 Å². The fourth-order valence-electron chi connectivity index (χ4n) is 11.8. The van der Waals surface area contributed by atoms with Gasteiger partial charge in [0, 0.05) is 59.1 Å². The van der Waals surface area contributed by atoms with Crippen LogP contribution in [0, 0.1) is 36.5 Å². The van der Waals surface area contributed by atoms with E-state index in [0.29, 0.717) is 41.9 Å². The minimum absolute atomic E-state index is 0.0296. The number of nitrogens with zero attached hydrogens (tertiary/aromatic N) is 5. The van der Waals surface area contributed by atoms with Crippen LogP contribution in [0.2, 0.25) is 0 Å². The van der Waals surface area contributed by atoms with Gasteiger partial charge in [0.25, 0.3) is 5.91 Å². The quantitative estimate of drug-likeness (QED) is 0.137. The molecule has 2 aromatic carbocycles. The lowest BCUT2D eigenvalue weighted by atomic mass is 9.93. The van der Waals surface area contributed by atoms with Crippen LogP contribution in [0.25, 0.3) is 11.3 Å². The Bertz CT molecular complexity index is 2830. The lowest BCUT2D eigenvalue weighted by molar-refractivity contribution is -0.177. The Balaban J connectivity index is 1.72. The Hall–Kier alpha value is -7.09. The van der Waals surface area contributed by atoms with Crippen molar-refractivity contribution >= 4 is 53.2 Å². The number of nitrogens with one attached hydrogen (secondary N) is 3. The molecule has 2 saturated heterocycles. The van der Waals surface area contributed by atoms with Crippen LogP contribution < -0.4 is 16.0 Å². The number of aliphatic hydroxyl groups is 1. The number of esters is 1. The van der Waals surface area contributed by atoms with Crippen molar-refractivity contribution in [2.75, 3.05) is 34.7 Å². The van der Waals surface area contributed by atoms with Crippen LogP contribution in [0.4, 0.5) is 0 Å². The number of amides is 8. The number of furan rings is 1. The smallest absolute Gasteiger partial charge is 0.332 e. The van der Waals surface area contributed by atoms with E-state index in [1.165, 1.54) is 61.6 Å². The maximum absolute atomic E-state index is 15.6. The third kappa shape index (κ3) is 16.9. The lowest BCUT2D eigenvalue weighted by Crippen LogP contribution is -2.63. The molecule has 0 aliphatic carbocycles. The molecule has 2 aliphatic rings. The normalized spacial score (nSPS) is 25.5. The van der Waals surface area contributed by atoms with Gasteiger partial charge in [-0.1, -0.05) is 124 Å². The lowest BCUT2D eigenvalue weighted by Gasteiger charge is -2.39. The molecule has 0 saturated carbocycles. The molecule has 11 atom stereocenters. The van der Waals surface area contributed by atoms with Gasteiger partial charge < -0.3 is 54.7 Å². The van der Waals surface area contributed by atoms with Crippen LogP contribution in [-0.4, -0.2) is 178 Å². The van der Waals surface area contributed by atoms with Crippen LogP contribution in [0.1, 0.15) is 132 Å². The second-order valence-corrected chi connectivity index (χ2v) is 25.3. The van der Waals surface area contributed by atoms with E-state index < -0.39 is 137 Å². The first kappa shape index (κ1) is 68.7. The fraction of sp³-hybridized carbons (Fsp3) is 0.615. The van der Waals surface area contributed by atoms with Crippen molar-refractivity contribution in [1.82, 2.24) is 40.4 Å². The Morgan fingerprint density at radius 3 is 1.72 bits per heavy atom. The minimum atomic E-state index is -1.98. The van der Waals surface area contributed by atoms with Crippen molar-refractivity contribution in [2.45, 2.75) is 195 Å². The molecule has 0 bridgehead atoms. The molecule has 5 rings (SSSR count). The molecular formula is C65H96N8O12. The molecule has 3 aromatic rings. The van der Waals surface area contributed by atoms with E-state index >= 15 is 19.2 Å². The predicted molar refractivity (Wildman–Crippen MR) is 324 cm³/mol. The number of cyclic esters (lactones) is 1. The van der Waals surface area contributed by atoms with E-state index in [0.717, 1.165) is 10.5 Å². The van der Waals surface area contributed by atoms with E-state index in [2.05, 4.69) is 16.0 Å². The molecule has 2 unspecified atom stereocenters. The van der Waals surface area contributed by atoms with E-state index in [1.54, 1.807) is 72.7 Å². The third-order valence-corrected chi connectivity index (χ3v) is 16.9. The van der Waals surface area contributed by atoms with Gasteiger partial charge in [0.1, 0.15) is 53.8 Å². The number of ether oxygens (including phenoxy) is 1. The van der Waals surface area contributed by atoms with Crippen molar-refractivity contribution in [3.05, 3.63) is 83.6 Å². The molecule has 0 radical (unpaired) electrons. The van der Waals surface area contributed by atoms with E-state index in [4.69, 9.17) is 9.15 Å². The van der Waals surface area contributed by atoms with Gasteiger partial charge in [0.05, 0.1) is 5.60 Å². The van der Waals surface area contributed by atoms with Crippen molar-refractivity contribution in [1.29, 1.82) is 0 Å². The molecule has 8 amide bonds. The Kier molecular flexibility index (Phi) is 24.1. The average molecular weight is 1180 g/mol. The standard InChI is InChI=1S/C65H96N8O12/c1-18-40(9)51-62(80)70(15)52(38(5)6)57(75)66-46(33-37(3)4)60(78)72(17)55(65(12,13)83)64(82)85-54(41(10)19-2)63(81)71(16)53(39(7)8)58(76)67-47(35-43-25-21-20-22-26-43)59(77)69(14)49(61(79)73-32-24-29-48(73)56(74)68-51)36-44-27-23-28-45(34-44)50-31-30-42(11)84-50/h20-23,25-28,30-31,34,37-41,46-49,51-55,83H,18-19,24,29,32-33,35-36H2,1-17H3,(H,66,75)(H,67,76)(H,68,74)/t40?,41?,46-,47-,48-,49-,51-,52-,53-,54+,55+/m0/s1. The predicted octanol–water partition coefficient (Wildman–Crippen LogP) is 5.94. The Morgan fingerprint density at radius 1 is 0.612 bits per heavy atom. The number of fused-ring (bicyclic) bond motifs is 1. The third-order valence-electron chi connectivity index (χ3n) is 16.9. The van der Waals surface area contributed by atoms with Crippen LogP contribution >= 0.6 is 0 Å². The van der Waals surface area contributed by atoms with Gasteiger partial charge in [0.15, 0.2) is 12.1 Å². The average Bonchev–Trinajstić information content (AvgIpc) is 4.21. The van der Waals surface area contributed by atoms with Crippen molar-refractivity contribution in [3.8, 4) is 11.3 Å². The monoisotopic (exact) mass is 1180 g/mol. The number of aryl methyl sites for hydroxylation is 1. The number of hydrogen-bond donors (Lipinski definition) is 4. The summed E-state index contributed by atoms with van der Waals surface area (Å²) in [5.41, 5.74) is 0.0835. The second kappa shape index (κ2) is 29.8. The zero-order valence-corrected chi connectivity index (χ0v) is 53.3. The van der Waals surface area contributed by atoms with Crippen molar-refractivity contribution in [3.63, 3.8) is 0 Å². The summed E-state index contributed by atoms with van der Waals surface area (Å²) in [6.45, 7) is 22.4. The molecule has 1 aromatic heterocycles. The van der Waals surface area contributed by atoms with Gasteiger partial charge in [-0.3, -0.25) is 38.4 Å². The molecule has 2 fully saturated rings. The number of carbonyl (C=O) groups is 9. The van der Waals surface area contributed by atoms with Gasteiger partial charge in [0.2, 0.25) is 41.4 Å². The SMILES string of the molecule is CCC(C)[C@@H]1NC(=O)[C@@H]2CCCN2C(=O)[C@H](Cc2cccc(-c3ccc(C)o3)c2)N(C)C(=O)[C@H](Cc2ccccc2)NC(=O)[C@H](C(C)C)N(C)C(=O)[C@@H](C(C)CC)OC(=O)[C@H](C(C)(C)O)N(C)C(=O)[C@H](CC(C)C)NC(=O)[C@H](C(C)C)N(C)C1=O. The summed E-state index contributed by atoms with van der Waals surface area (Å²) in [5, 5.41) is 20.6. The van der Waals surface area contributed by atoms with Crippen molar-refractivity contribution in [2.24, 2.45) is 29.6 Å². The van der Waals surface area contributed by atoms with E-state index in [-0.39, 0.29) is 38.1 Å². The highest BCUT2D eigenvalue weighted by atomic mass is 16.6. The van der Waals surface area contributed by atoms with Crippen molar-refractivity contribution < 1.29 is 57.4 Å². The summed E-state index contributed by atoms with van der Waals surface area (Å²) in [4.78, 5) is 142. The highest BCUT2D eigenvalue weighted by Gasteiger charge is 2.48. The number of benzene rings is 2. The maximum Gasteiger partial charge on any atom is 0.332 e. The highest BCUT2D eigenvalue weighted by molar-refractivity contribution is 5.99. The molecule has 20 nitrogen and oxygen atoms in total. The summed E-state index contributed by atoms with van der Waals surface area (Å²) in [5.74, 6) is -7.57. The molecule has 85 heavy (non-hydrogen) atoms. The summed E-state index contributed by atoms with van der Waals surface area (Å²) in [6.07, 6.45) is -0.102. The second-order valence-electron chi connectivity index (χ2n) is 25.3. The van der Waals surface area contributed by atoms with E-state index in [1.807, 2.05) is 70.2 Å². The number of hydrogen-bond acceptors (Lipinski definition) is 12. The number of likely N-dealkylation sites (N-methyl/N-ethyl adjacent to an activating group) is 4. The van der Waals surface area contributed by atoms with Gasteiger partial charge in [-0.2, -0.15) is 0 Å². The highest BCUT2D eigenvalue weighted by Crippen LogP contribution is 2.29. The van der Waals surface area contributed by atoms with E-state index in [9.17, 15) is 29.1 Å². The summed E-state index contributed by atoms with van der Waals surface area (Å²) in [7, 11) is 5.66. The van der Waals surface area contributed by atoms with Gasteiger partial charge in [-0.15, -0.1) is 0 Å². The zero-order valence-electron chi connectivity index (χ0n) is 53.3. The first-order valence-electron chi connectivity index (χ1n) is 30.2. The maximum atomic E-state index is 15.6. The molecule has 3 heterocycles. The first-order valence-corrected chi connectivity index (χ1v) is 30.2. The molecule has 2 aliphatic heterocycles. The van der Waals surface area contributed by atoms with Gasteiger partial charge >= 0.3 is 5.97 Å². The molecule has 20 heteroatoms. The fourth-order valence-corrected chi connectivity index (χ4v) is 11.8. The molecule has 468 valence electrons. The Labute approximate surface area is 503 Å². The number of rotatable bonds is 14.